The maximum Gasteiger partial charge on any atom is 0.180 e. The van der Waals surface area contributed by atoms with E-state index < -0.39 is 0 Å². The van der Waals surface area contributed by atoms with Crippen LogP contribution in [0.2, 0.25) is 0 Å². The van der Waals surface area contributed by atoms with Crippen molar-refractivity contribution < 1.29 is 0 Å². The Kier molecular flexibility index (Phi) is 4.10. The fraction of sp³-hybridized carbons (Fsp3) is 0.238. The summed E-state index contributed by atoms with van der Waals surface area (Å²) in [6.45, 7) is 4.02. The first-order chi connectivity index (χ1) is 15.3. The van der Waals surface area contributed by atoms with Gasteiger partial charge in [-0.05, 0) is 19.2 Å². The van der Waals surface area contributed by atoms with Crippen molar-refractivity contribution in [3.05, 3.63) is 43.1 Å². The normalized spacial score (nSPS) is 15.2. The van der Waals surface area contributed by atoms with Gasteiger partial charge in [0.15, 0.2) is 11.5 Å². The van der Waals surface area contributed by atoms with Crippen molar-refractivity contribution in [3.8, 4) is 22.9 Å². The number of nitrogens with zero attached hydrogens (tertiary/aromatic N) is 8. The maximum absolute atomic E-state index is 4.74. The zero-order chi connectivity index (χ0) is 20.8. The van der Waals surface area contributed by atoms with Gasteiger partial charge in [0.25, 0.3) is 0 Å². The number of pyridine rings is 2. The minimum absolute atomic E-state index is 0.673. The Morgan fingerprint density at radius 2 is 1.84 bits per heavy atom. The largest absolute Gasteiger partial charge is 0.367 e. The number of aromatic nitrogens is 8. The van der Waals surface area contributed by atoms with Crippen LogP contribution in [0, 0.1) is 0 Å². The quantitative estimate of drug-likeness (QED) is 0.463. The zero-order valence-electron chi connectivity index (χ0n) is 16.9. The van der Waals surface area contributed by atoms with Gasteiger partial charge in [0.2, 0.25) is 0 Å². The number of hydrogen-bond acceptors (Lipinski definition) is 8. The topological polar surface area (TPSA) is 115 Å². The summed E-state index contributed by atoms with van der Waals surface area (Å²) in [5.74, 6) is 0.673. The first-order valence-corrected chi connectivity index (χ1v) is 10.2. The molecule has 0 saturated carbocycles. The van der Waals surface area contributed by atoms with E-state index in [9.17, 15) is 0 Å². The molecular formula is C21H20N10. The highest BCUT2D eigenvalue weighted by atomic mass is 15.3. The number of imidazole rings is 1. The lowest BCUT2D eigenvalue weighted by molar-refractivity contribution is 0.313. The smallest absolute Gasteiger partial charge is 0.180 e. The number of likely N-dealkylation sites (N-methyl/N-ethyl adjacent to an activating group) is 1. The van der Waals surface area contributed by atoms with Crippen LogP contribution in [0.1, 0.15) is 0 Å². The van der Waals surface area contributed by atoms with Crippen LogP contribution in [-0.2, 0) is 0 Å². The van der Waals surface area contributed by atoms with E-state index in [1.807, 2.05) is 18.3 Å². The molecule has 0 spiro atoms. The summed E-state index contributed by atoms with van der Waals surface area (Å²) >= 11 is 0. The van der Waals surface area contributed by atoms with Gasteiger partial charge in [0, 0.05) is 50.2 Å². The van der Waals surface area contributed by atoms with Crippen molar-refractivity contribution in [1.82, 2.24) is 45.0 Å². The number of H-pyrrole nitrogens is 2. The minimum atomic E-state index is 0.673. The summed E-state index contributed by atoms with van der Waals surface area (Å²) in [6.07, 6.45) is 8.57. The third-order valence-corrected chi connectivity index (χ3v) is 5.71. The minimum Gasteiger partial charge on any atom is -0.367 e. The van der Waals surface area contributed by atoms with E-state index >= 15 is 0 Å². The van der Waals surface area contributed by atoms with Crippen LogP contribution in [0.15, 0.2) is 43.1 Å². The molecule has 0 radical (unpaired) electrons. The van der Waals surface area contributed by atoms with Gasteiger partial charge in [0.1, 0.15) is 16.9 Å². The number of aromatic amines is 2. The average Bonchev–Trinajstić information content (AvgIpc) is 3.43. The van der Waals surface area contributed by atoms with Gasteiger partial charge >= 0.3 is 0 Å². The summed E-state index contributed by atoms with van der Waals surface area (Å²) in [7, 11) is 2.15. The van der Waals surface area contributed by atoms with Gasteiger partial charge in [-0.25, -0.2) is 9.97 Å². The van der Waals surface area contributed by atoms with Gasteiger partial charge in [-0.1, -0.05) is 0 Å². The molecule has 5 aromatic heterocycles. The predicted octanol–water partition coefficient (Wildman–Crippen LogP) is 2.10. The molecule has 6 heterocycles. The molecule has 154 valence electrons. The molecule has 0 amide bonds. The fourth-order valence-corrected chi connectivity index (χ4v) is 3.99. The second-order valence-electron chi connectivity index (χ2n) is 7.68. The Morgan fingerprint density at radius 1 is 0.935 bits per heavy atom. The summed E-state index contributed by atoms with van der Waals surface area (Å²) < 4.78 is 0. The first kappa shape index (κ1) is 17.9. The van der Waals surface area contributed by atoms with Gasteiger partial charge in [-0.2, -0.15) is 5.10 Å². The Hall–Kier alpha value is -3.92. The van der Waals surface area contributed by atoms with Crippen molar-refractivity contribution in [2.45, 2.75) is 0 Å². The second kappa shape index (κ2) is 7.10. The summed E-state index contributed by atoms with van der Waals surface area (Å²) in [4.78, 5) is 30.4. The van der Waals surface area contributed by atoms with Gasteiger partial charge in [0.05, 0.1) is 29.3 Å². The molecule has 1 saturated heterocycles. The van der Waals surface area contributed by atoms with Crippen molar-refractivity contribution >= 4 is 27.8 Å². The number of anilines is 1. The molecule has 31 heavy (non-hydrogen) atoms. The summed E-state index contributed by atoms with van der Waals surface area (Å²) in [5.41, 5.74) is 5.74. The van der Waals surface area contributed by atoms with Gasteiger partial charge in [-0.3, -0.25) is 20.1 Å². The SMILES string of the molecule is CN1CCN(c2ccnc3nc(-c4n[nH]c5cnc(-c6cnccn6)cc45)[nH]c23)CC1. The third kappa shape index (κ3) is 3.08. The molecule has 0 unspecified atom stereocenters. The number of piperazine rings is 1. The van der Waals surface area contributed by atoms with Crippen LogP contribution in [-0.4, -0.2) is 78.2 Å². The molecule has 0 aromatic carbocycles. The standard InChI is InChI=1S/C21H20N10/c1-30-6-8-31(9-7-30)17-2-3-24-20-19(17)26-21(27-20)18-13-10-14(16-11-22-4-5-23-16)25-12-15(13)28-29-18/h2-5,10-12H,6-9H2,1H3,(H,28,29)(H,24,26,27). The van der Waals surface area contributed by atoms with Crippen LogP contribution in [0.25, 0.3) is 45.0 Å². The number of fused-ring (bicyclic) bond motifs is 2. The summed E-state index contributed by atoms with van der Waals surface area (Å²) in [6, 6.07) is 4.01. The highest BCUT2D eigenvalue weighted by molar-refractivity contribution is 5.95. The van der Waals surface area contributed by atoms with Crippen molar-refractivity contribution in [1.29, 1.82) is 0 Å². The molecule has 10 nitrogen and oxygen atoms in total. The molecule has 2 N–H and O–H groups in total. The van der Waals surface area contributed by atoms with Crippen LogP contribution in [0.3, 0.4) is 0 Å². The Bertz CT molecular complexity index is 1370. The molecule has 10 heteroatoms. The van der Waals surface area contributed by atoms with Crippen LogP contribution in [0.5, 0.6) is 0 Å². The van der Waals surface area contributed by atoms with E-state index in [2.05, 4.69) is 52.0 Å². The monoisotopic (exact) mass is 412 g/mol. The van der Waals surface area contributed by atoms with Crippen LogP contribution in [0.4, 0.5) is 5.69 Å². The molecule has 1 aliphatic heterocycles. The zero-order valence-corrected chi connectivity index (χ0v) is 16.9. The van der Waals surface area contributed by atoms with Crippen LogP contribution >= 0.6 is 0 Å². The maximum atomic E-state index is 4.74. The average molecular weight is 412 g/mol. The van der Waals surface area contributed by atoms with Crippen molar-refractivity contribution in [3.63, 3.8) is 0 Å². The van der Waals surface area contributed by atoms with E-state index in [4.69, 9.17) is 4.98 Å². The lowest BCUT2D eigenvalue weighted by Crippen LogP contribution is -2.44. The molecule has 6 rings (SSSR count). The molecule has 5 aromatic rings. The number of rotatable bonds is 3. The Balaban J connectivity index is 1.44. The van der Waals surface area contributed by atoms with Crippen molar-refractivity contribution in [2.75, 3.05) is 38.1 Å². The third-order valence-electron chi connectivity index (χ3n) is 5.71. The van der Waals surface area contributed by atoms with Crippen molar-refractivity contribution in [2.24, 2.45) is 0 Å². The molecule has 1 aliphatic rings. The highest BCUT2D eigenvalue weighted by Crippen LogP contribution is 2.31. The lowest BCUT2D eigenvalue weighted by atomic mass is 10.2. The molecule has 0 aliphatic carbocycles. The van der Waals surface area contributed by atoms with E-state index in [-0.39, 0.29) is 0 Å². The fourth-order valence-electron chi connectivity index (χ4n) is 3.99. The molecule has 0 atom stereocenters. The van der Waals surface area contributed by atoms with E-state index in [1.54, 1.807) is 24.8 Å². The summed E-state index contributed by atoms with van der Waals surface area (Å²) in [5, 5.41) is 8.47. The molecular weight excluding hydrogens is 392 g/mol. The highest BCUT2D eigenvalue weighted by Gasteiger charge is 2.20. The van der Waals surface area contributed by atoms with E-state index in [0.29, 0.717) is 17.2 Å². The predicted molar refractivity (Wildman–Crippen MR) is 118 cm³/mol. The second-order valence-corrected chi connectivity index (χ2v) is 7.68. The van der Waals surface area contributed by atoms with Gasteiger partial charge < -0.3 is 14.8 Å². The van der Waals surface area contributed by atoms with Gasteiger partial charge in [-0.15, -0.1) is 0 Å². The van der Waals surface area contributed by atoms with Crippen LogP contribution < -0.4 is 4.90 Å². The number of nitrogens with one attached hydrogen (secondary N) is 2. The molecule has 1 fully saturated rings. The lowest BCUT2D eigenvalue weighted by Gasteiger charge is -2.34. The number of hydrogen-bond donors (Lipinski definition) is 2. The Morgan fingerprint density at radius 3 is 2.68 bits per heavy atom. The Labute approximate surface area is 177 Å². The molecule has 0 bridgehead atoms. The first-order valence-electron chi connectivity index (χ1n) is 10.2. The van der Waals surface area contributed by atoms with E-state index in [0.717, 1.165) is 59.7 Å². The van der Waals surface area contributed by atoms with E-state index in [1.165, 1.54) is 0 Å².